The van der Waals surface area contributed by atoms with Crippen LogP contribution in [0.2, 0.25) is 0 Å². The molecule has 0 heterocycles. The number of hydrogen-bond donors (Lipinski definition) is 3. The van der Waals surface area contributed by atoms with E-state index in [1.165, 1.54) is 13.0 Å². The lowest BCUT2D eigenvalue weighted by Gasteiger charge is -2.19. The summed E-state index contributed by atoms with van der Waals surface area (Å²) in [5.41, 5.74) is 0.822. The number of carbonyl (C=O) groups excluding carboxylic acids is 1. The molecule has 16 heavy (non-hydrogen) atoms. The van der Waals surface area contributed by atoms with E-state index in [4.69, 9.17) is 15.3 Å². The fraction of sp³-hybridized carbons (Fsp3) is 0.250. The van der Waals surface area contributed by atoms with Gasteiger partial charge in [0, 0.05) is 0 Å². The van der Waals surface area contributed by atoms with Crippen molar-refractivity contribution in [3.63, 3.8) is 0 Å². The molecule has 3 N–H and O–H groups in total. The molecule has 0 saturated heterocycles. The number of hydrogen-bond acceptors (Lipinski definition) is 4. The lowest BCUT2D eigenvalue weighted by molar-refractivity contribution is -0.330. The summed E-state index contributed by atoms with van der Waals surface area (Å²) in [5, 5.41) is 26.4. The van der Waals surface area contributed by atoms with E-state index >= 15 is 0 Å². The van der Waals surface area contributed by atoms with Gasteiger partial charge in [-0.1, -0.05) is 36.4 Å². The van der Waals surface area contributed by atoms with E-state index in [0.717, 1.165) is 5.56 Å². The summed E-state index contributed by atoms with van der Waals surface area (Å²) in [5.74, 6) is -4.82. The minimum atomic E-state index is -2.97. The Labute approximate surface area is 93.5 Å². The molecule has 1 aromatic rings. The summed E-state index contributed by atoms with van der Waals surface area (Å²) >= 11 is 0. The Balaban J connectivity index is 2.69. The minimum absolute atomic E-state index is 0.559. The van der Waals surface area contributed by atoms with Crippen molar-refractivity contribution in [2.75, 3.05) is 0 Å². The predicted molar refractivity (Wildman–Crippen MR) is 59.0 cm³/mol. The average molecular weight is 222 g/mol. The fourth-order valence-electron chi connectivity index (χ4n) is 1.08. The van der Waals surface area contributed by atoms with Crippen LogP contribution in [0.4, 0.5) is 0 Å². The second-order valence-electron chi connectivity index (χ2n) is 3.56. The Morgan fingerprint density at radius 3 is 2.31 bits per heavy atom. The van der Waals surface area contributed by atoms with Gasteiger partial charge in [-0.15, -0.1) is 0 Å². The molecule has 86 valence electrons. The molecule has 0 aliphatic heterocycles. The van der Waals surface area contributed by atoms with Crippen LogP contribution in [0, 0.1) is 5.92 Å². The van der Waals surface area contributed by atoms with Crippen molar-refractivity contribution < 1.29 is 20.1 Å². The van der Waals surface area contributed by atoms with Crippen molar-refractivity contribution in [1.29, 1.82) is 0 Å². The number of aliphatic hydroxyl groups is 3. The van der Waals surface area contributed by atoms with E-state index in [2.05, 4.69) is 0 Å². The van der Waals surface area contributed by atoms with Crippen molar-refractivity contribution in [3.05, 3.63) is 42.0 Å². The van der Waals surface area contributed by atoms with Crippen LogP contribution in [0.15, 0.2) is 36.4 Å². The Kier molecular flexibility index (Phi) is 3.95. The second-order valence-corrected chi connectivity index (χ2v) is 3.56. The van der Waals surface area contributed by atoms with Crippen LogP contribution in [0.3, 0.4) is 0 Å². The summed E-state index contributed by atoms with van der Waals surface area (Å²) in [6.45, 7) is 1.23. The van der Waals surface area contributed by atoms with Crippen LogP contribution in [0.1, 0.15) is 12.5 Å². The monoisotopic (exact) mass is 222 g/mol. The Hall–Kier alpha value is -1.49. The van der Waals surface area contributed by atoms with Crippen molar-refractivity contribution in [2.45, 2.75) is 12.9 Å². The number of allylic oxidation sites excluding steroid dienone is 1. The topological polar surface area (TPSA) is 77.8 Å². The molecular weight excluding hydrogens is 208 g/mol. The van der Waals surface area contributed by atoms with Crippen molar-refractivity contribution >= 4 is 11.9 Å². The molecule has 1 atom stereocenters. The van der Waals surface area contributed by atoms with Crippen LogP contribution in [0.5, 0.6) is 0 Å². The first-order valence-corrected chi connectivity index (χ1v) is 4.85. The third kappa shape index (κ3) is 3.58. The molecule has 0 saturated carbocycles. The number of benzene rings is 1. The summed E-state index contributed by atoms with van der Waals surface area (Å²) in [7, 11) is 0. The van der Waals surface area contributed by atoms with Crippen LogP contribution >= 0.6 is 0 Å². The van der Waals surface area contributed by atoms with Crippen LogP contribution in [-0.2, 0) is 4.79 Å². The zero-order chi connectivity index (χ0) is 12.2. The van der Waals surface area contributed by atoms with Crippen molar-refractivity contribution in [2.24, 2.45) is 5.92 Å². The number of rotatable bonds is 4. The maximum atomic E-state index is 11.4. The second kappa shape index (κ2) is 5.03. The van der Waals surface area contributed by atoms with Crippen LogP contribution < -0.4 is 0 Å². The largest absolute Gasteiger partial charge is 0.343 e. The van der Waals surface area contributed by atoms with Gasteiger partial charge in [-0.3, -0.25) is 4.79 Å². The van der Waals surface area contributed by atoms with Crippen molar-refractivity contribution in [3.8, 4) is 0 Å². The van der Waals surface area contributed by atoms with E-state index in [-0.39, 0.29) is 0 Å². The fourth-order valence-corrected chi connectivity index (χ4v) is 1.08. The standard InChI is InChI=1S/C12H14O4/c1-9(12(14,15)16)11(13)8-7-10-5-3-2-4-6-10/h2-9,14-16H,1H3. The summed E-state index contributed by atoms with van der Waals surface area (Å²) in [4.78, 5) is 11.4. The third-order valence-electron chi connectivity index (χ3n) is 2.25. The van der Waals surface area contributed by atoms with Gasteiger partial charge in [0.2, 0.25) is 0 Å². The average Bonchev–Trinajstić information content (AvgIpc) is 2.25. The molecule has 0 amide bonds. The normalized spacial score (nSPS) is 14.0. The maximum absolute atomic E-state index is 11.4. The smallest absolute Gasteiger partial charge is 0.285 e. The number of carbonyl (C=O) groups is 1. The van der Waals surface area contributed by atoms with Gasteiger partial charge < -0.3 is 15.3 Å². The molecule has 0 spiro atoms. The van der Waals surface area contributed by atoms with E-state index in [1.54, 1.807) is 18.2 Å². The molecule has 0 aliphatic rings. The first kappa shape index (κ1) is 12.6. The lowest BCUT2D eigenvalue weighted by atomic mass is 10.0. The van der Waals surface area contributed by atoms with Gasteiger partial charge in [0.1, 0.15) is 5.92 Å². The van der Waals surface area contributed by atoms with E-state index in [1.807, 2.05) is 18.2 Å². The van der Waals surface area contributed by atoms with Crippen LogP contribution in [0.25, 0.3) is 6.08 Å². The molecule has 1 rings (SSSR count). The Morgan fingerprint density at radius 2 is 1.81 bits per heavy atom. The van der Waals surface area contributed by atoms with E-state index in [0.29, 0.717) is 0 Å². The molecule has 1 aromatic carbocycles. The van der Waals surface area contributed by atoms with E-state index < -0.39 is 17.7 Å². The molecule has 0 aliphatic carbocycles. The molecular formula is C12H14O4. The zero-order valence-electron chi connectivity index (χ0n) is 8.87. The minimum Gasteiger partial charge on any atom is -0.343 e. The first-order valence-electron chi connectivity index (χ1n) is 4.85. The van der Waals surface area contributed by atoms with Gasteiger partial charge in [0.05, 0.1) is 0 Å². The highest BCUT2D eigenvalue weighted by atomic mass is 16.7. The highest BCUT2D eigenvalue weighted by Gasteiger charge is 2.32. The predicted octanol–water partition coefficient (Wildman–Crippen LogP) is 0.536. The van der Waals surface area contributed by atoms with Gasteiger partial charge in [0.15, 0.2) is 5.78 Å². The summed E-state index contributed by atoms with van der Waals surface area (Å²) < 4.78 is 0. The molecule has 1 unspecified atom stereocenters. The molecule has 4 nitrogen and oxygen atoms in total. The van der Waals surface area contributed by atoms with Crippen molar-refractivity contribution in [1.82, 2.24) is 0 Å². The SMILES string of the molecule is CC(C(=O)C=Cc1ccccc1)C(O)(O)O. The van der Waals surface area contributed by atoms with Crippen LogP contribution in [-0.4, -0.2) is 27.1 Å². The van der Waals surface area contributed by atoms with E-state index in [9.17, 15) is 4.79 Å². The lowest BCUT2D eigenvalue weighted by Crippen LogP contribution is -2.39. The maximum Gasteiger partial charge on any atom is 0.285 e. The highest BCUT2D eigenvalue weighted by Crippen LogP contribution is 2.13. The quantitative estimate of drug-likeness (QED) is 0.513. The Bertz CT molecular complexity index is 376. The van der Waals surface area contributed by atoms with Gasteiger partial charge in [-0.25, -0.2) is 0 Å². The summed E-state index contributed by atoms with van der Waals surface area (Å²) in [6.07, 6.45) is 2.75. The molecule has 0 bridgehead atoms. The third-order valence-corrected chi connectivity index (χ3v) is 2.25. The zero-order valence-corrected chi connectivity index (χ0v) is 8.87. The van der Waals surface area contributed by atoms with Gasteiger partial charge >= 0.3 is 0 Å². The molecule has 0 aromatic heterocycles. The van der Waals surface area contributed by atoms with Gasteiger partial charge in [-0.05, 0) is 18.6 Å². The first-order chi connectivity index (χ1) is 7.41. The molecule has 0 radical (unpaired) electrons. The number of ketones is 1. The summed E-state index contributed by atoms with van der Waals surface area (Å²) in [6, 6.07) is 9.10. The van der Waals surface area contributed by atoms with Gasteiger partial charge in [-0.2, -0.15) is 0 Å². The highest BCUT2D eigenvalue weighted by molar-refractivity contribution is 5.95. The molecule has 4 heteroatoms. The molecule has 0 fully saturated rings. The Morgan fingerprint density at radius 1 is 1.25 bits per heavy atom. The van der Waals surface area contributed by atoms with Gasteiger partial charge in [0.25, 0.3) is 5.97 Å².